The third-order valence-electron chi connectivity index (χ3n) is 8.95. The van der Waals surface area contributed by atoms with Gasteiger partial charge in [-0.2, -0.15) is 0 Å². The summed E-state index contributed by atoms with van der Waals surface area (Å²) in [5.41, 5.74) is 12.9. The minimum absolute atomic E-state index is 0.648. The fourth-order valence-electron chi connectivity index (χ4n) is 6.46. The van der Waals surface area contributed by atoms with E-state index in [-0.39, 0.29) is 0 Å². The van der Waals surface area contributed by atoms with Gasteiger partial charge in [-0.3, -0.25) is 4.98 Å². The molecule has 0 aliphatic heterocycles. The van der Waals surface area contributed by atoms with Gasteiger partial charge in [0, 0.05) is 28.1 Å². The molecule has 0 amide bonds. The molecular formula is C45H29N3O. The first kappa shape index (κ1) is 28.6. The summed E-state index contributed by atoms with van der Waals surface area (Å²) in [5.74, 6) is 0.648. The lowest BCUT2D eigenvalue weighted by Crippen LogP contribution is -1.97. The maximum absolute atomic E-state index is 6.06. The largest absolute Gasteiger partial charge is 0.456 e. The zero-order chi connectivity index (χ0) is 32.6. The van der Waals surface area contributed by atoms with E-state index in [0.717, 1.165) is 83.5 Å². The highest BCUT2D eigenvalue weighted by atomic mass is 16.3. The van der Waals surface area contributed by atoms with Crippen LogP contribution in [-0.4, -0.2) is 15.0 Å². The summed E-state index contributed by atoms with van der Waals surface area (Å²) in [7, 11) is 0. The van der Waals surface area contributed by atoms with Crippen molar-refractivity contribution in [2.45, 2.75) is 0 Å². The summed E-state index contributed by atoms with van der Waals surface area (Å²) >= 11 is 0. The number of fused-ring (bicyclic) bond motifs is 3. The second-order valence-corrected chi connectivity index (χ2v) is 12.1. The van der Waals surface area contributed by atoms with E-state index in [1.54, 1.807) is 6.20 Å². The second kappa shape index (κ2) is 12.2. The van der Waals surface area contributed by atoms with Gasteiger partial charge in [-0.15, -0.1) is 0 Å². The molecule has 0 saturated heterocycles. The zero-order valence-electron chi connectivity index (χ0n) is 26.5. The number of para-hydroxylation sites is 1. The van der Waals surface area contributed by atoms with Gasteiger partial charge >= 0.3 is 0 Å². The molecule has 0 aliphatic rings. The number of pyridine rings is 1. The van der Waals surface area contributed by atoms with E-state index >= 15 is 0 Å². The normalized spacial score (nSPS) is 11.3. The summed E-state index contributed by atoms with van der Waals surface area (Å²) in [6.45, 7) is 0. The minimum Gasteiger partial charge on any atom is -0.456 e. The van der Waals surface area contributed by atoms with Gasteiger partial charge in [0.1, 0.15) is 11.2 Å². The van der Waals surface area contributed by atoms with Gasteiger partial charge in [-0.25, -0.2) is 9.97 Å². The Bertz CT molecular complexity index is 2520. The molecule has 4 nitrogen and oxygen atoms in total. The molecule has 0 radical (unpaired) electrons. The van der Waals surface area contributed by atoms with E-state index in [1.807, 2.05) is 54.6 Å². The van der Waals surface area contributed by atoms with Crippen molar-refractivity contribution in [3.8, 4) is 67.4 Å². The predicted octanol–water partition coefficient (Wildman–Crippen LogP) is 11.8. The van der Waals surface area contributed by atoms with Gasteiger partial charge in [-0.05, 0) is 88.0 Å². The molecule has 0 N–H and O–H groups in total. The molecule has 230 valence electrons. The average Bonchev–Trinajstić information content (AvgIpc) is 3.57. The van der Waals surface area contributed by atoms with Crippen LogP contribution in [0.15, 0.2) is 180 Å². The van der Waals surface area contributed by atoms with Gasteiger partial charge in [0.15, 0.2) is 5.82 Å². The van der Waals surface area contributed by atoms with Crippen LogP contribution in [0.3, 0.4) is 0 Å². The van der Waals surface area contributed by atoms with Crippen LogP contribution in [0.1, 0.15) is 0 Å². The number of rotatable bonds is 6. The van der Waals surface area contributed by atoms with Crippen molar-refractivity contribution in [2.24, 2.45) is 0 Å². The van der Waals surface area contributed by atoms with Crippen LogP contribution in [0.4, 0.5) is 0 Å². The van der Waals surface area contributed by atoms with Crippen LogP contribution in [0, 0.1) is 0 Å². The Labute approximate surface area is 284 Å². The Morgan fingerprint density at radius 3 is 1.61 bits per heavy atom. The van der Waals surface area contributed by atoms with Crippen LogP contribution >= 0.6 is 0 Å². The second-order valence-electron chi connectivity index (χ2n) is 12.1. The molecule has 49 heavy (non-hydrogen) atoms. The van der Waals surface area contributed by atoms with Crippen molar-refractivity contribution in [3.05, 3.63) is 176 Å². The van der Waals surface area contributed by atoms with E-state index in [2.05, 4.69) is 120 Å². The van der Waals surface area contributed by atoms with E-state index in [1.165, 1.54) is 0 Å². The number of hydrogen-bond donors (Lipinski definition) is 0. The quantitative estimate of drug-likeness (QED) is 0.184. The van der Waals surface area contributed by atoms with Crippen LogP contribution in [0.2, 0.25) is 0 Å². The lowest BCUT2D eigenvalue weighted by atomic mass is 9.95. The Balaban J connectivity index is 1.16. The summed E-state index contributed by atoms with van der Waals surface area (Å²) in [5, 5.41) is 2.24. The monoisotopic (exact) mass is 627 g/mol. The maximum atomic E-state index is 6.06. The summed E-state index contributed by atoms with van der Waals surface area (Å²) in [6, 6.07) is 58.6. The van der Waals surface area contributed by atoms with E-state index in [9.17, 15) is 0 Å². The molecule has 0 unspecified atom stereocenters. The Morgan fingerprint density at radius 1 is 0.327 bits per heavy atom. The fraction of sp³-hybridized carbons (Fsp3) is 0. The average molecular weight is 628 g/mol. The molecule has 3 heterocycles. The molecule has 0 fully saturated rings. The molecule has 0 spiro atoms. The molecule has 0 atom stereocenters. The third-order valence-corrected chi connectivity index (χ3v) is 8.95. The van der Waals surface area contributed by atoms with E-state index < -0.39 is 0 Å². The van der Waals surface area contributed by atoms with Gasteiger partial charge in [-0.1, -0.05) is 115 Å². The molecule has 9 rings (SSSR count). The first-order chi connectivity index (χ1) is 24.2. The summed E-state index contributed by atoms with van der Waals surface area (Å²) in [6.07, 6.45) is 1.80. The lowest BCUT2D eigenvalue weighted by Gasteiger charge is -2.13. The van der Waals surface area contributed by atoms with Gasteiger partial charge in [0.25, 0.3) is 0 Å². The first-order valence-corrected chi connectivity index (χ1v) is 16.3. The van der Waals surface area contributed by atoms with Crippen molar-refractivity contribution < 1.29 is 4.42 Å². The van der Waals surface area contributed by atoms with Crippen molar-refractivity contribution in [2.75, 3.05) is 0 Å². The Hall–Kier alpha value is -6.65. The molecule has 3 aromatic heterocycles. The van der Waals surface area contributed by atoms with Crippen LogP contribution in [0.25, 0.3) is 89.4 Å². The first-order valence-electron chi connectivity index (χ1n) is 16.3. The van der Waals surface area contributed by atoms with Crippen molar-refractivity contribution in [1.29, 1.82) is 0 Å². The van der Waals surface area contributed by atoms with Crippen LogP contribution < -0.4 is 0 Å². The van der Waals surface area contributed by atoms with Crippen molar-refractivity contribution in [1.82, 2.24) is 15.0 Å². The predicted molar refractivity (Wildman–Crippen MR) is 200 cm³/mol. The third kappa shape index (κ3) is 5.56. The number of benzene rings is 6. The van der Waals surface area contributed by atoms with Gasteiger partial charge in [0.2, 0.25) is 0 Å². The SMILES string of the molecule is c1ccc(-c2cc(-c3ccccc3)cc(-c3nc(-c4ccc(-c5ccc6oc7ccccc7c6c5)cc4)cc(-c4ccccn4)n3)c2)cc1. The highest BCUT2D eigenvalue weighted by molar-refractivity contribution is 6.06. The molecule has 9 aromatic rings. The molecule has 0 bridgehead atoms. The van der Waals surface area contributed by atoms with Crippen LogP contribution in [0.5, 0.6) is 0 Å². The summed E-state index contributed by atoms with van der Waals surface area (Å²) in [4.78, 5) is 14.9. The van der Waals surface area contributed by atoms with Crippen molar-refractivity contribution in [3.63, 3.8) is 0 Å². The zero-order valence-corrected chi connectivity index (χ0v) is 26.5. The highest BCUT2D eigenvalue weighted by Gasteiger charge is 2.15. The van der Waals surface area contributed by atoms with E-state index in [0.29, 0.717) is 5.82 Å². The van der Waals surface area contributed by atoms with Crippen LogP contribution in [-0.2, 0) is 0 Å². The number of aromatic nitrogens is 3. The van der Waals surface area contributed by atoms with Gasteiger partial charge < -0.3 is 4.42 Å². The molecule has 4 heteroatoms. The molecular weight excluding hydrogens is 599 g/mol. The highest BCUT2D eigenvalue weighted by Crippen LogP contribution is 2.36. The molecule has 0 aliphatic carbocycles. The number of nitrogens with zero attached hydrogens (tertiary/aromatic N) is 3. The van der Waals surface area contributed by atoms with Crippen molar-refractivity contribution >= 4 is 21.9 Å². The molecule has 0 saturated carbocycles. The smallest absolute Gasteiger partial charge is 0.160 e. The topological polar surface area (TPSA) is 51.8 Å². The maximum Gasteiger partial charge on any atom is 0.160 e. The van der Waals surface area contributed by atoms with Gasteiger partial charge in [0.05, 0.1) is 17.1 Å². The van der Waals surface area contributed by atoms with E-state index in [4.69, 9.17) is 14.4 Å². The number of furan rings is 1. The lowest BCUT2D eigenvalue weighted by molar-refractivity contribution is 0.669. The number of hydrogen-bond acceptors (Lipinski definition) is 4. The molecule has 6 aromatic carbocycles. The Kier molecular flexibility index (Phi) is 7.10. The standard InChI is InChI=1S/C45H29N3O/c1-3-11-30(12-4-1)35-25-36(31-13-5-2-6-14-31)27-37(26-35)45-47-41(29-42(48-45)40-16-9-10-24-46-40)33-20-18-32(19-21-33)34-22-23-44-39(28-34)38-15-7-8-17-43(38)49-44/h1-29H. The summed E-state index contributed by atoms with van der Waals surface area (Å²) < 4.78 is 6.06. The Morgan fingerprint density at radius 2 is 0.898 bits per heavy atom. The fourth-order valence-corrected chi connectivity index (χ4v) is 6.46. The minimum atomic E-state index is 0.648.